The first-order valence-corrected chi connectivity index (χ1v) is 7.15. The largest absolute Gasteiger partial charge is 0.497 e. The van der Waals surface area contributed by atoms with Crippen molar-refractivity contribution in [3.05, 3.63) is 53.9 Å². The molecule has 2 aromatic rings. The first kappa shape index (κ1) is 14.7. The van der Waals surface area contributed by atoms with E-state index in [9.17, 15) is 0 Å². The standard InChI is InChI=1S/C17H24N2O/c1-14(2)10-18-11-16-8-9-19(13-16)12-15-4-6-17(20-3)7-5-15/h4-9,13-14,18H,10-12H2,1-3H3. The molecule has 1 heterocycles. The molecule has 1 aromatic heterocycles. The number of nitrogens with one attached hydrogen (secondary N) is 1. The third kappa shape index (κ3) is 4.42. The van der Waals surface area contributed by atoms with Crippen molar-refractivity contribution < 1.29 is 4.74 Å². The summed E-state index contributed by atoms with van der Waals surface area (Å²) in [5.41, 5.74) is 2.61. The molecule has 0 fully saturated rings. The normalized spacial score (nSPS) is 11.0. The van der Waals surface area contributed by atoms with Crippen molar-refractivity contribution in [1.29, 1.82) is 0 Å². The number of methoxy groups -OCH3 is 1. The molecule has 0 saturated heterocycles. The molecule has 0 bridgehead atoms. The van der Waals surface area contributed by atoms with Crippen LogP contribution >= 0.6 is 0 Å². The molecule has 3 heteroatoms. The molecule has 0 atom stereocenters. The molecule has 0 unspecified atom stereocenters. The topological polar surface area (TPSA) is 26.2 Å². The summed E-state index contributed by atoms with van der Waals surface area (Å²) < 4.78 is 7.39. The van der Waals surface area contributed by atoms with Gasteiger partial charge in [0, 0.05) is 25.5 Å². The Morgan fingerprint density at radius 1 is 1.10 bits per heavy atom. The molecule has 3 nitrogen and oxygen atoms in total. The second kappa shape index (κ2) is 7.15. The minimum atomic E-state index is 0.691. The molecule has 0 amide bonds. The lowest BCUT2D eigenvalue weighted by Crippen LogP contribution is -2.18. The van der Waals surface area contributed by atoms with E-state index in [1.807, 2.05) is 12.1 Å². The summed E-state index contributed by atoms with van der Waals surface area (Å²) >= 11 is 0. The highest BCUT2D eigenvalue weighted by molar-refractivity contribution is 5.27. The first-order chi connectivity index (χ1) is 9.67. The lowest BCUT2D eigenvalue weighted by Gasteiger charge is -2.06. The fraction of sp³-hybridized carbons (Fsp3) is 0.412. The molecular formula is C17H24N2O. The van der Waals surface area contributed by atoms with E-state index in [4.69, 9.17) is 4.74 Å². The van der Waals surface area contributed by atoms with Crippen molar-refractivity contribution in [2.75, 3.05) is 13.7 Å². The molecular weight excluding hydrogens is 248 g/mol. The van der Waals surface area contributed by atoms with Gasteiger partial charge in [-0.05, 0) is 41.8 Å². The average Bonchev–Trinajstić information content (AvgIpc) is 2.87. The molecule has 0 saturated carbocycles. The summed E-state index contributed by atoms with van der Waals surface area (Å²) in [6.07, 6.45) is 4.34. The van der Waals surface area contributed by atoms with Crippen LogP contribution in [-0.4, -0.2) is 18.2 Å². The number of aromatic nitrogens is 1. The summed E-state index contributed by atoms with van der Waals surface area (Å²) in [4.78, 5) is 0. The molecule has 0 radical (unpaired) electrons. The fourth-order valence-corrected chi connectivity index (χ4v) is 2.14. The molecule has 0 aliphatic heterocycles. The Balaban J connectivity index is 1.88. The Morgan fingerprint density at radius 3 is 2.50 bits per heavy atom. The molecule has 0 aliphatic rings. The van der Waals surface area contributed by atoms with E-state index >= 15 is 0 Å². The Kier molecular flexibility index (Phi) is 5.24. The summed E-state index contributed by atoms with van der Waals surface area (Å²) in [6, 6.07) is 10.4. The van der Waals surface area contributed by atoms with E-state index in [0.29, 0.717) is 5.92 Å². The van der Waals surface area contributed by atoms with Crippen LogP contribution in [0.1, 0.15) is 25.0 Å². The van der Waals surface area contributed by atoms with E-state index < -0.39 is 0 Å². The van der Waals surface area contributed by atoms with E-state index in [1.54, 1.807) is 7.11 Å². The quantitative estimate of drug-likeness (QED) is 0.837. The lowest BCUT2D eigenvalue weighted by atomic mass is 10.2. The average molecular weight is 272 g/mol. The first-order valence-electron chi connectivity index (χ1n) is 7.15. The van der Waals surface area contributed by atoms with Crippen molar-refractivity contribution in [3.8, 4) is 5.75 Å². The second-order valence-electron chi connectivity index (χ2n) is 5.56. The predicted octanol–water partition coefficient (Wildman–Crippen LogP) is 3.29. The Hall–Kier alpha value is -1.74. The van der Waals surface area contributed by atoms with Gasteiger partial charge in [-0.2, -0.15) is 0 Å². The van der Waals surface area contributed by atoms with Crippen LogP contribution in [0, 0.1) is 5.92 Å². The number of hydrogen-bond donors (Lipinski definition) is 1. The van der Waals surface area contributed by atoms with E-state index in [1.165, 1.54) is 11.1 Å². The third-order valence-corrected chi connectivity index (χ3v) is 3.22. The molecule has 1 aromatic carbocycles. The van der Waals surface area contributed by atoms with Gasteiger partial charge < -0.3 is 14.6 Å². The van der Waals surface area contributed by atoms with Crippen molar-refractivity contribution in [3.63, 3.8) is 0 Å². The van der Waals surface area contributed by atoms with Crippen LogP contribution in [0.2, 0.25) is 0 Å². The van der Waals surface area contributed by atoms with Gasteiger partial charge >= 0.3 is 0 Å². The fourth-order valence-electron chi connectivity index (χ4n) is 2.14. The zero-order chi connectivity index (χ0) is 14.4. The minimum absolute atomic E-state index is 0.691. The van der Waals surface area contributed by atoms with Gasteiger partial charge in [-0.1, -0.05) is 26.0 Å². The van der Waals surface area contributed by atoms with Crippen LogP contribution in [0.15, 0.2) is 42.7 Å². The van der Waals surface area contributed by atoms with Crippen molar-refractivity contribution >= 4 is 0 Å². The SMILES string of the molecule is COc1ccc(Cn2ccc(CNCC(C)C)c2)cc1. The highest BCUT2D eigenvalue weighted by atomic mass is 16.5. The predicted molar refractivity (Wildman–Crippen MR) is 83.1 cm³/mol. The van der Waals surface area contributed by atoms with Gasteiger partial charge in [0.2, 0.25) is 0 Å². The van der Waals surface area contributed by atoms with E-state index in [0.717, 1.165) is 25.4 Å². The number of rotatable bonds is 7. The molecule has 0 spiro atoms. The summed E-state index contributed by atoms with van der Waals surface area (Å²) in [7, 11) is 1.69. The summed E-state index contributed by atoms with van der Waals surface area (Å²) in [5, 5.41) is 3.46. The van der Waals surface area contributed by atoms with E-state index in [2.05, 4.69) is 54.3 Å². The number of benzene rings is 1. The second-order valence-corrected chi connectivity index (χ2v) is 5.56. The Bertz CT molecular complexity index is 514. The Morgan fingerprint density at radius 2 is 1.85 bits per heavy atom. The zero-order valence-corrected chi connectivity index (χ0v) is 12.6. The van der Waals surface area contributed by atoms with Crippen LogP contribution < -0.4 is 10.1 Å². The van der Waals surface area contributed by atoms with Crippen LogP contribution in [0.4, 0.5) is 0 Å². The van der Waals surface area contributed by atoms with Gasteiger partial charge in [0.15, 0.2) is 0 Å². The van der Waals surface area contributed by atoms with Crippen LogP contribution in [0.25, 0.3) is 0 Å². The molecule has 0 aliphatic carbocycles. The molecule has 2 rings (SSSR count). The van der Waals surface area contributed by atoms with E-state index in [-0.39, 0.29) is 0 Å². The lowest BCUT2D eigenvalue weighted by molar-refractivity contribution is 0.414. The van der Waals surface area contributed by atoms with Crippen LogP contribution in [-0.2, 0) is 13.1 Å². The van der Waals surface area contributed by atoms with Crippen molar-refractivity contribution in [2.45, 2.75) is 26.9 Å². The number of nitrogens with zero attached hydrogens (tertiary/aromatic N) is 1. The monoisotopic (exact) mass is 272 g/mol. The highest BCUT2D eigenvalue weighted by Crippen LogP contribution is 2.13. The molecule has 20 heavy (non-hydrogen) atoms. The maximum atomic E-state index is 5.17. The van der Waals surface area contributed by atoms with Gasteiger partial charge in [0.05, 0.1) is 7.11 Å². The van der Waals surface area contributed by atoms with Gasteiger partial charge in [-0.25, -0.2) is 0 Å². The zero-order valence-electron chi connectivity index (χ0n) is 12.6. The number of ether oxygens (including phenoxy) is 1. The maximum absolute atomic E-state index is 5.17. The smallest absolute Gasteiger partial charge is 0.118 e. The maximum Gasteiger partial charge on any atom is 0.118 e. The minimum Gasteiger partial charge on any atom is -0.497 e. The third-order valence-electron chi connectivity index (χ3n) is 3.22. The van der Waals surface area contributed by atoms with Gasteiger partial charge in [-0.15, -0.1) is 0 Å². The molecule has 1 N–H and O–H groups in total. The summed E-state index contributed by atoms with van der Waals surface area (Å²) in [6.45, 7) is 7.34. The highest BCUT2D eigenvalue weighted by Gasteiger charge is 2.00. The summed E-state index contributed by atoms with van der Waals surface area (Å²) in [5.74, 6) is 1.59. The molecule has 108 valence electrons. The van der Waals surface area contributed by atoms with Crippen LogP contribution in [0.3, 0.4) is 0 Å². The van der Waals surface area contributed by atoms with Crippen molar-refractivity contribution in [2.24, 2.45) is 5.92 Å². The Labute approximate surface area is 121 Å². The van der Waals surface area contributed by atoms with Gasteiger partial charge in [0.25, 0.3) is 0 Å². The van der Waals surface area contributed by atoms with Crippen LogP contribution in [0.5, 0.6) is 5.75 Å². The van der Waals surface area contributed by atoms with Crippen molar-refractivity contribution in [1.82, 2.24) is 9.88 Å². The van der Waals surface area contributed by atoms with Gasteiger partial charge in [-0.3, -0.25) is 0 Å². The number of hydrogen-bond acceptors (Lipinski definition) is 2. The van der Waals surface area contributed by atoms with Gasteiger partial charge in [0.1, 0.15) is 5.75 Å².